The van der Waals surface area contributed by atoms with Gasteiger partial charge in [0.25, 0.3) is 0 Å². The molecule has 3 aliphatic carbocycles. The quantitative estimate of drug-likeness (QED) is 0.657. The zero-order chi connectivity index (χ0) is 16.4. The molecule has 0 aromatic heterocycles. The van der Waals surface area contributed by atoms with Gasteiger partial charge in [0.2, 0.25) is 5.91 Å². The first-order chi connectivity index (χ1) is 11.1. The zero-order valence-electron chi connectivity index (χ0n) is 14.1. The first kappa shape index (κ1) is 18.7. The summed E-state index contributed by atoms with van der Waals surface area (Å²) < 4.78 is 0. The van der Waals surface area contributed by atoms with Crippen molar-refractivity contribution in [1.29, 1.82) is 0 Å². The van der Waals surface area contributed by atoms with Crippen molar-refractivity contribution >= 4 is 11.9 Å². The maximum absolute atomic E-state index is 12.2. The second-order valence-corrected chi connectivity index (χ2v) is 6.36. The van der Waals surface area contributed by atoms with Crippen LogP contribution in [0.5, 0.6) is 0 Å². The first-order valence-corrected chi connectivity index (χ1v) is 8.22. The fourth-order valence-electron chi connectivity index (χ4n) is 3.53. The van der Waals surface area contributed by atoms with Crippen molar-refractivity contribution in [2.75, 3.05) is 14.1 Å². The molecule has 2 fully saturated rings. The first-order valence-electron chi connectivity index (χ1n) is 8.22. The van der Waals surface area contributed by atoms with E-state index in [-0.39, 0.29) is 40.7 Å². The van der Waals surface area contributed by atoms with Crippen LogP contribution in [0.3, 0.4) is 0 Å². The van der Waals surface area contributed by atoms with Gasteiger partial charge in [0, 0.05) is 37.3 Å². The maximum Gasteiger partial charge on any atom is 0.326 e. The van der Waals surface area contributed by atoms with Gasteiger partial charge in [-0.1, -0.05) is 36.5 Å². The summed E-state index contributed by atoms with van der Waals surface area (Å²) in [5.74, 6) is -0.258. The fraction of sp³-hybridized carbons (Fsp3) is 0.421. The van der Waals surface area contributed by atoms with E-state index >= 15 is 0 Å². The van der Waals surface area contributed by atoms with Gasteiger partial charge in [0.05, 0.1) is 12.0 Å². The number of hydrogen-bond donors (Lipinski definition) is 0. The molecule has 1 aliphatic heterocycles. The molecule has 5 heteroatoms. The van der Waals surface area contributed by atoms with Crippen LogP contribution in [-0.2, 0) is 21.6 Å². The summed E-state index contributed by atoms with van der Waals surface area (Å²) in [7, 11) is 3.34. The number of rotatable bonds is 0. The summed E-state index contributed by atoms with van der Waals surface area (Å²) >= 11 is 0. The minimum Gasteiger partial charge on any atom is -0.320 e. The van der Waals surface area contributed by atoms with E-state index in [4.69, 9.17) is 0 Å². The molecule has 2 radical (unpaired) electrons. The molecular weight excluding hydrogens is 347 g/mol. The summed E-state index contributed by atoms with van der Waals surface area (Å²) in [5, 5.41) is 0. The molecule has 4 aliphatic rings. The molecule has 0 spiro atoms. The van der Waals surface area contributed by atoms with Crippen LogP contribution in [0.15, 0.2) is 47.6 Å². The molecule has 1 saturated carbocycles. The van der Waals surface area contributed by atoms with Crippen molar-refractivity contribution in [3.05, 3.63) is 54.0 Å². The van der Waals surface area contributed by atoms with Gasteiger partial charge in [-0.15, -0.1) is 0 Å². The number of allylic oxidation sites excluding steroid dienone is 6. The van der Waals surface area contributed by atoms with E-state index in [9.17, 15) is 9.59 Å². The van der Waals surface area contributed by atoms with Crippen molar-refractivity contribution < 1.29 is 26.4 Å². The molecule has 4 rings (SSSR count). The molecule has 0 aromatic carbocycles. The van der Waals surface area contributed by atoms with E-state index in [1.807, 2.05) is 30.7 Å². The second kappa shape index (κ2) is 7.99. The monoisotopic (exact) mass is 370 g/mol. The molecule has 1 saturated heterocycles. The normalized spacial score (nSPS) is 27.4. The van der Waals surface area contributed by atoms with Gasteiger partial charge in [0.1, 0.15) is 0 Å². The molecular formula is C19H23CoN2O2. The van der Waals surface area contributed by atoms with E-state index in [2.05, 4.69) is 12.2 Å². The summed E-state index contributed by atoms with van der Waals surface area (Å²) in [6, 6.07) is -0.288. The number of nitrogens with zero attached hydrogens (tertiary/aromatic N) is 2. The molecule has 0 aromatic rings. The summed E-state index contributed by atoms with van der Waals surface area (Å²) in [6.45, 7) is 0. The molecule has 0 bridgehead atoms. The number of imide groups is 1. The summed E-state index contributed by atoms with van der Waals surface area (Å²) in [5.41, 5.74) is 2.67. The predicted molar refractivity (Wildman–Crippen MR) is 90.4 cm³/mol. The van der Waals surface area contributed by atoms with Gasteiger partial charge in [-0.05, 0) is 36.8 Å². The Bertz CT molecular complexity index is 623. The fourth-order valence-corrected chi connectivity index (χ4v) is 3.53. The Balaban J connectivity index is 0.000000300. The van der Waals surface area contributed by atoms with Crippen molar-refractivity contribution in [1.82, 2.24) is 9.80 Å². The third-order valence-electron chi connectivity index (χ3n) is 4.88. The smallest absolute Gasteiger partial charge is 0.320 e. The van der Waals surface area contributed by atoms with Gasteiger partial charge in [-0.25, -0.2) is 4.79 Å². The molecule has 2 atom stereocenters. The average Bonchev–Trinajstić information content (AvgIpc) is 3.16. The number of urea groups is 1. The number of fused-ring (bicyclic) bond motifs is 2. The maximum atomic E-state index is 12.2. The second-order valence-electron chi connectivity index (χ2n) is 6.36. The zero-order valence-corrected chi connectivity index (χ0v) is 15.1. The van der Waals surface area contributed by atoms with E-state index < -0.39 is 0 Å². The van der Waals surface area contributed by atoms with Crippen LogP contribution in [0, 0.1) is 12.3 Å². The van der Waals surface area contributed by atoms with Crippen molar-refractivity contribution in [2.45, 2.75) is 31.7 Å². The van der Waals surface area contributed by atoms with Crippen LogP contribution >= 0.6 is 0 Å². The number of carbonyl (C=O) groups excluding carboxylic acids is 2. The van der Waals surface area contributed by atoms with Crippen LogP contribution in [0.2, 0.25) is 0 Å². The number of hydrogen-bond acceptors (Lipinski definition) is 2. The predicted octanol–water partition coefficient (Wildman–Crippen LogP) is 3.25. The van der Waals surface area contributed by atoms with E-state index in [1.54, 1.807) is 19.0 Å². The standard InChI is InChI=1S/C14H18N2O2.C5H5.Co/c1-15-12-8-10-6-4-3-5-9(10)7-11(12)13(17)16(2)14(15)18;1-2-4-5-3-1;/h7-8,11-12H,3-6H2,1-2H3;1-5H;/t11-,12+;;/m1../s1. The Labute approximate surface area is 154 Å². The van der Waals surface area contributed by atoms with E-state index in [0.717, 1.165) is 12.8 Å². The number of carbonyl (C=O) groups is 2. The topological polar surface area (TPSA) is 40.6 Å². The third-order valence-corrected chi connectivity index (χ3v) is 4.88. The molecule has 0 unspecified atom stereocenters. The number of amides is 3. The Kier molecular flexibility index (Phi) is 6.24. The van der Waals surface area contributed by atoms with Crippen molar-refractivity contribution in [2.24, 2.45) is 5.92 Å². The molecule has 24 heavy (non-hydrogen) atoms. The van der Waals surface area contributed by atoms with Gasteiger partial charge in [0.15, 0.2) is 0 Å². The Morgan fingerprint density at radius 3 is 2.04 bits per heavy atom. The number of likely N-dealkylation sites (N-methyl/N-ethyl adjacent to an activating group) is 1. The van der Waals surface area contributed by atoms with Crippen LogP contribution in [-0.4, -0.2) is 41.9 Å². The average molecular weight is 370 g/mol. The van der Waals surface area contributed by atoms with Gasteiger partial charge >= 0.3 is 6.03 Å². The van der Waals surface area contributed by atoms with Gasteiger partial charge in [-0.3, -0.25) is 9.69 Å². The van der Waals surface area contributed by atoms with Crippen LogP contribution in [0.1, 0.15) is 25.7 Å². The third kappa shape index (κ3) is 3.57. The minimum absolute atomic E-state index is 0. The molecule has 4 nitrogen and oxygen atoms in total. The molecule has 1 heterocycles. The SMILES string of the molecule is CN1C(=O)[C@@H]2C=C3CCCCC3=C[C@@H]2N(C)C1=O.[CH]1C=CC=C1.[Co]. The largest absolute Gasteiger partial charge is 0.326 e. The Hall–Kier alpha value is -1.59. The van der Waals surface area contributed by atoms with Gasteiger partial charge in [-0.2, -0.15) is 0 Å². The van der Waals surface area contributed by atoms with Crippen LogP contribution < -0.4 is 0 Å². The van der Waals surface area contributed by atoms with Crippen LogP contribution in [0.25, 0.3) is 0 Å². The molecule has 130 valence electrons. The van der Waals surface area contributed by atoms with Crippen LogP contribution in [0.4, 0.5) is 4.79 Å². The minimum atomic E-state index is -0.203. The van der Waals surface area contributed by atoms with Gasteiger partial charge < -0.3 is 4.90 Å². The Morgan fingerprint density at radius 1 is 0.917 bits per heavy atom. The Morgan fingerprint density at radius 2 is 1.50 bits per heavy atom. The molecule has 3 amide bonds. The van der Waals surface area contributed by atoms with Crippen molar-refractivity contribution in [3.8, 4) is 0 Å². The molecule has 0 N–H and O–H groups in total. The van der Waals surface area contributed by atoms with Crippen molar-refractivity contribution in [3.63, 3.8) is 0 Å². The summed E-state index contributed by atoms with van der Waals surface area (Å²) in [4.78, 5) is 27.0. The summed E-state index contributed by atoms with van der Waals surface area (Å²) in [6.07, 6.45) is 18.8. The van der Waals surface area contributed by atoms with E-state index in [1.165, 1.54) is 28.9 Å². The van der Waals surface area contributed by atoms with E-state index in [0.29, 0.717) is 0 Å².